The fourth-order valence-electron chi connectivity index (χ4n) is 3.64. The zero-order valence-corrected chi connectivity index (χ0v) is 17.6. The van der Waals surface area contributed by atoms with Gasteiger partial charge in [-0.2, -0.15) is 0 Å². The van der Waals surface area contributed by atoms with Gasteiger partial charge in [0.2, 0.25) is 0 Å². The molecule has 3 aromatic carbocycles. The van der Waals surface area contributed by atoms with E-state index in [1.165, 1.54) is 5.56 Å². The first kappa shape index (κ1) is 20.0. The van der Waals surface area contributed by atoms with Crippen LogP contribution in [0.5, 0.6) is 0 Å². The average molecular weight is 415 g/mol. The van der Waals surface area contributed by atoms with Crippen LogP contribution >= 0.6 is 11.6 Å². The highest BCUT2D eigenvalue weighted by molar-refractivity contribution is 6.30. The number of hydrogen-bond acceptors (Lipinski definition) is 1. The summed E-state index contributed by atoms with van der Waals surface area (Å²) in [6.45, 7) is 2.58. The predicted molar refractivity (Wildman–Crippen MR) is 123 cm³/mol. The summed E-state index contributed by atoms with van der Waals surface area (Å²) in [4.78, 5) is 13.0. The third-order valence-corrected chi connectivity index (χ3v) is 5.44. The van der Waals surface area contributed by atoms with Crippen LogP contribution in [0.4, 0.5) is 0 Å². The van der Waals surface area contributed by atoms with Gasteiger partial charge in [-0.25, -0.2) is 0 Å². The Bertz CT molecular complexity index is 1130. The van der Waals surface area contributed by atoms with Crippen LogP contribution in [0.1, 0.15) is 21.6 Å². The van der Waals surface area contributed by atoms with Crippen molar-refractivity contribution in [2.75, 3.05) is 6.54 Å². The van der Waals surface area contributed by atoms with E-state index < -0.39 is 0 Å². The number of amides is 1. The highest BCUT2D eigenvalue weighted by Crippen LogP contribution is 2.30. The molecule has 0 unspecified atom stereocenters. The van der Waals surface area contributed by atoms with Gasteiger partial charge in [-0.05, 0) is 54.8 Å². The van der Waals surface area contributed by atoms with Crippen molar-refractivity contribution in [1.29, 1.82) is 0 Å². The van der Waals surface area contributed by atoms with Crippen molar-refractivity contribution < 1.29 is 4.79 Å². The Labute approximate surface area is 181 Å². The summed E-state index contributed by atoms with van der Waals surface area (Å²) in [5.41, 5.74) is 5.78. The van der Waals surface area contributed by atoms with Crippen LogP contribution in [0.3, 0.4) is 0 Å². The number of carbonyl (C=O) groups is 1. The summed E-state index contributed by atoms with van der Waals surface area (Å²) in [6, 6.07) is 29.9. The van der Waals surface area contributed by atoms with Gasteiger partial charge >= 0.3 is 0 Å². The molecule has 1 N–H and O–H groups in total. The van der Waals surface area contributed by atoms with Crippen LogP contribution in [0.25, 0.3) is 16.9 Å². The van der Waals surface area contributed by atoms with E-state index >= 15 is 0 Å². The summed E-state index contributed by atoms with van der Waals surface area (Å²) < 4.78 is 2.12. The topological polar surface area (TPSA) is 34.0 Å². The van der Waals surface area contributed by atoms with Gasteiger partial charge < -0.3 is 9.88 Å². The lowest BCUT2D eigenvalue weighted by molar-refractivity contribution is 0.0953. The van der Waals surface area contributed by atoms with Crippen molar-refractivity contribution in [1.82, 2.24) is 9.88 Å². The number of nitrogens with zero attached hydrogens (tertiary/aromatic N) is 1. The number of halogens is 1. The molecule has 0 spiro atoms. The second-order valence-corrected chi connectivity index (χ2v) is 7.63. The van der Waals surface area contributed by atoms with Crippen LogP contribution < -0.4 is 5.32 Å². The monoisotopic (exact) mass is 414 g/mol. The van der Waals surface area contributed by atoms with E-state index in [4.69, 9.17) is 11.6 Å². The number of rotatable bonds is 6. The minimum atomic E-state index is -0.0617. The maximum Gasteiger partial charge on any atom is 0.253 e. The molecule has 30 heavy (non-hydrogen) atoms. The summed E-state index contributed by atoms with van der Waals surface area (Å²) in [6.07, 6.45) is 0.801. The molecule has 0 fully saturated rings. The van der Waals surface area contributed by atoms with Gasteiger partial charge in [-0.15, -0.1) is 0 Å². The zero-order chi connectivity index (χ0) is 20.9. The molecule has 4 rings (SSSR count). The molecule has 4 aromatic rings. The summed E-state index contributed by atoms with van der Waals surface area (Å²) in [5.74, 6) is -0.0617. The fourth-order valence-corrected chi connectivity index (χ4v) is 3.77. The maximum absolute atomic E-state index is 13.0. The lowest BCUT2D eigenvalue weighted by atomic mass is 10.1. The molecule has 1 heterocycles. The van der Waals surface area contributed by atoms with Gasteiger partial charge in [0, 0.05) is 22.9 Å². The number of nitrogens with one attached hydrogen (secondary N) is 1. The van der Waals surface area contributed by atoms with Gasteiger partial charge in [0.1, 0.15) is 0 Å². The maximum atomic E-state index is 13.0. The predicted octanol–water partition coefficient (Wildman–Crippen LogP) is 6.08. The SMILES string of the molecule is Cc1c(C(=O)NCCc2ccccc2)cc(-c2ccc(Cl)cc2)n1-c1ccccc1. The van der Waals surface area contributed by atoms with Crippen molar-refractivity contribution in [2.45, 2.75) is 13.3 Å². The summed E-state index contributed by atoms with van der Waals surface area (Å²) in [7, 11) is 0. The minimum absolute atomic E-state index is 0.0617. The third kappa shape index (κ3) is 4.32. The molecule has 0 atom stereocenters. The minimum Gasteiger partial charge on any atom is -0.352 e. The zero-order valence-electron chi connectivity index (χ0n) is 16.8. The highest BCUT2D eigenvalue weighted by Gasteiger charge is 2.19. The van der Waals surface area contributed by atoms with Crippen molar-refractivity contribution in [3.8, 4) is 16.9 Å². The molecule has 3 nitrogen and oxygen atoms in total. The third-order valence-electron chi connectivity index (χ3n) is 5.19. The Morgan fingerprint density at radius 2 is 1.53 bits per heavy atom. The Hall–Kier alpha value is -3.30. The van der Waals surface area contributed by atoms with Crippen LogP contribution in [0.15, 0.2) is 91.0 Å². The number of aromatic nitrogens is 1. The van der Waals surface area contributed by atoms with Crippen LogP contribution in [0, 0.1) is 6.92 Å². The molecule has 1 aromatic heterocycles. The van der Waals surface area contributed by atoms with Gasteiger partial charge in [-0.3, -0.25) is 4.79 Å². The molecule has 0 radical (unpaired) electrons. The van der Waals surface area contributed by atoms with E-state index in [9.17, 15) is 4.79 Å². The van der Waals surface area contributed by atoms with E-state index in [-0.39, 0.29) is 5.91 Å². The van der Waals surface area contributed by atoms with Crippen molar-refractivity contribution in [2.24, 2.45) is 0 Å². The molecule has 0 aliphatic rings. The molecule has 150 valence electrons. The van der Waals surface area contributed by atoms with Crippen molar-refractivity contribution in [3.05, 3.63) is 113 Å². The molecule has 0 bridgehead atoms. The van der Waals surface area contributed by atoms with E-state index in [0.717, 1.165) is 29.1 Å². The quantitative estimate of drug-likeness (QED) is 0.407. The van der Waals surface area contributed by atoms with E-state index in [1.807, 2.05) is 85.8 Å². The lowest BCUT2D eigenvalue weighted by Crippen LogP contribution is -2.26. The molecule has 4 heteroatoms. The number of carbonyl (C=O) groups excluding carboxylic acids is 1. The molecule has 0 saturated carbocycles. The van der Waals surface area contributed by atoms with Crippen LogP contribution in [-0.2, 0) is 6.42 Å². The molecule has 1 amide bonds. The Balaban J connectivity index is 1.65. The van der Waals surface area contributed by atoms with E-state index in [0.29, 0.717) is 17.1 Å². The Kier molecular flexibility index (Phi) is 6.01. The van der Waals surface area contributed by atoms with Gasteiger partial charge in [0.05, 0.1) is 11.3 Å². The van der Waals surface area contributed by atoms with Crippen molar-refractivity contribution in [3.63, 3.8) is 0 Å². The molecule has 0 saturated heterocycles. The molecular formula is C26H23ClN2O. The summed E-state index contributed by atoms with van der Waals surface area (Å²) in [5, 5.41) is 3.75. The Morgan fingerprint density at radius 1 is 0.900 bits per heavy atom. The molecule has 0 aliphatic carbocycles. The van der Waals surface area contributed by atoms with E-state index in [2.05, 4.69) is 22.0 Å². The molecular weight excluding hydrogens is 392 g/mol. The lowest BCUT2D eigenvalue weighted by Gasteiger charge is -2.12. The highest BCUT2D eigenvalue weighted by atomic mass is 35.5. The van der Waals surface area contributed by atoms with Crippen LogP contribution in [-0.4, -0.2) is 17.0 Å². The van der Waals surface area contributed by atoms with Gasteiger partial charge in [-0.1, -0.05) is 72.3 Å². The standard InChI is InChI=1S/C26H23ClN2O/c1-19-24(26(30)28-17-16-20-8-4-2-5-9-20)18-25(21-12-14-22(27)15-13-21)29(19)23-10-6-3-7-11-23/h2-15,18H,16-17H2,1H3,(H,28,30). The second kappa shape index (κ2) is 9.02. The fraction of sp³-hybridized carbons (Fsp3) is 0.115. The van der Waals surface area contributed by atoms with Crippen LogP contribution in [0.2, 0.25) is 5.02 Å². The number of hydrogen-bond donors (Lipinski definition) is 1. The van der Waals surface area contributed by atoms with E-state index in [1.54, 1.807) is 0 Å². The molecule has 0 aliphatic heterocycles. The van der Waals surface area contributed by atoms with Crippen molar-refractivity contribution >= 4 is 17.5 Å². The normalized spacial score (nSPS) is 10.7. The Morgan fingerprint density at radius 3 is 2.20 bits per heavy atom. The average Bonchev–Trinajstić information content (AvgIpc) is 3.12. The van der Waals surface area contributed by atoms with Gasteiger partial charge in [0.15, 0.2) is 0 Å². The first-order valence-electron chi connectivity index (χ1n) is 9.99. The smallest absolute Gasteiger partial charge is 0.253 e. The first-order chi connectivity index (χ1) is 14.6. The number of para-hydroxylation sites is 1. The number of benzene rings is 3. The largest absolute Gasteiger partial charge is 0.352 e. The first-order valence-corrected chi connectivity index (χ1v) is 10.4. The second-order valence-electron chi connectivity index (χ2n) is 7.20. The van der Waals surface area contributed by atoms with Gasteiger partial charge in [0.25, 0.3) is 5.91 Å². The summed E-state index contributed by atoms with van der Waals surface area (Å²) >= 11 is 6.08.